The van der Waals surface area contributed by atoms with Gasteiger partial charge in [0.1, 0.15) is 16.8 Å². The topological polar surface area (TPSA) is 44.3 Å². The Labute approximate surface area is 132 Å². The molecule has 0 aromatic carbocycles. The minimum atomic E-state index is 0.279. The van der Waals surface area contributed by atoms with Crippen LogP contribution in [0.4, 0.5) is 5.82 Å². The molecule has 0 bridgehead atoms. The predicted molar refractivity (Wildman–Crippen MR) is 88.3 cm³/mol. The third-order valence-electron chi connectivity index (χ3n) is 3.94. The Hall–Kier alpha value is -0.910. The molecule has 5 nitrogen and oxygen atoms in total. The molecule has 0 atom stereocenters. The zero-order valence-electron chi connectivity index (χ0n) is 13.5. The number of aromatic nitrogens is 2. The van der Waals surface area contributed by atoms with E-state index in [1.807, 2.05) is 6.92 Å². The quantitative estimate of drug-likeness (QED) is 0.845. The largest absolute Gasteiger partial charge is 0.368 e. The summed E-state index contributed by atoms with van der Waals surface area (Å²) >= 11 is 6.20. The summed E-state index contributed by atoms with van der Waals surface area (Å²) in [6.45, 7) is 12.6. The Balaban J connectivity index is 1.90. The van der Waals surface area contributed by atoms with Crippen LogP contribution in [-0.2, 0) is 0 Å². The Morgan fingerprint density at radius 1 is 1.19 bits per heavy atom. The van der Waals surface area contributed by atoms with E-state index in [1.54, 1.807) is 0 Å². The van der Waals surface area contributed by atoms with Gasteiger partial charge in [-0.25, -0.2) is 9.97 Å². The van der Waals surface area contributed by atoms with Crippen molar-refractivity contribution in [2.24, 2.45) is 0 Å². The van der Waals surface area contributed by atoms with E-state index >= 15 is 0 Å². The molecule has 0 unspecified atom stereocenters. The highest BCUT2D eigenvalue weighted by molar-refractivity contribution is 6.30. The smallest absolute Gasteiger partial charge is 0.137 e. The van der Waals surface area contributed by atoms with Gasteiger partial charge in [-0.1, -0.05) is 25.4 Å². The molecule has 1 fully saturated rings. The lowest BCUT2D eigenvalue weighted by molar-refractivity contribution is 0.158. The standard InChI is InChI=1S/C15H26ClN5/c1-11(2)14-18-13(16)12(3)15(19-14)17-5-6-21-9-7-20(4)8-10-21/h11H,5-10H2,1-4H3,(H,17,18,19). The van der Waals surface area contributed by atoms with Crippen LogP contribution in [0.5, 0.6) is 0 Å². The van der Waals surface area contributed by atoms with Gasteiger partial charge in [0, 0.05) is 50.7 Å². The highest BCUT2D eigenvalue weighted by Gasteiger charge is 2.14. The lowest BCUT2D eigenvalue weighted by Gasteiger charge is -2.32. The van der Waals surface area contributed by atoms with Crippen molar-refractivity contribution in [2.45, 2.75) is 26.7 Å². The second kappa shape index (κ2) is 7.38. The summed E-state index contributed by atoms with van der Waals surface area (Å²) in [5.74, 6) is 1.95. The molecule has 118 valence electrons. The van der Waals surface area contributed by atoms with Crippen molar-refractivity contribution < 1.29 is 0 Å². The van der Waals surface area contributed by atoms with Crippen LogP contribution in [0.2, 0.25) is 5.15 Å². The molecule has 21 heavy (non-hydrogen) atoms. The third kappa shape index (κ3) is 4.53. The maximum absolute atomic E-state index is 6.20. The zero-order valence-corrected chi connectivity index (χ0v) is 14.2. The molecule has 0 saturated carbocycles. The molecule has 2 heterocycles. The van der Waals surface area contributed by atoms with E-state index in [2.05, 4.69) is 46.0 Å². The molecule has 1 aromatic rings. The Bertz CT molecular complexity index is 469. The lowest BCUT2D eigenvalue weighted by atomic mass is 10.2. The van der Waals surface area contributed by atoms with Crippen molar-refractivity contribution in [1.82, 2.24) is 19.8 Å². The molecule has 0 radical (unpaired) electrons. The molecule has 6 heteroatoms. The first kappa shape index (κ1) is 16.5. The average Bonchev–Trinajstić information content (AvgIpc) is 2.45. The van der Waals surface area contributed by atoms with Crippen molar-refractivity contribution in [3.8, 4) is 0 Å². The number of anilines is 1. The van der Waals surface area contributed by atoms with Crippen LogP contribution in [0.25, 0.3) is 0 Å². The van der Waals surface area contributed by atoms with E-state index in [0.717, 1.165) is 56.5 Å². The Kier molecular flexibility index (Phi) is 5.79. The van der Waals surface area contributed by atoms with Crippen LogP contribution in [-0.4, -0.2) is 66.1 Å². The van der Waals surface area contributed by atoms with Gasteiger partial charge in [0.25, 0.3) is 0 Å². The predicted octanol–water partition coefficient (Wildman–Crippen LogP) is 2.22. The number of nitrogens with one attached hydrogen (secondary N) is 1. The normalized spacial score (nSPS) is 17.4. The summed E-state index contributed by atoms with van der Waals surface area (Å²) in [6, 6.07) is 0. The van der Waals surface area contributed by atoms with E-state index < -0.39 is 0 Å². The monoisotopic (exact) mass is 311 g/mol. The van der Waals surface area contributed by atoms with E-state index in [4.69, 9.17) is 11.6 Å². The third-order valence-corrected chi connectivity index (χ3v) is 4.30. The molecule has 0 aliphatic carbocycles. The number of hydrogen-bond acceptors (Lipinski definition) is 5. The van der Waals surface area contributed by atoms with E-state index in [1.165, 1.54) is 0 Å². The first-order valence-corrected chi connectivity index (χ1v) is 8.04. The molecule has 0 spiro atoms. The fourth-order valence-electron chi connectivity index (χ4n) is 2.34. The maximum Gasteiger partial charge on any atom is 0.137 e. The van der Waals surface area contributed by atoms with Crippen molar-refractivity contribution in [1.29, 1.82) is 0 Å². The molecule has 2 rings (SSSR count). The Morgan fingerprint density at radius 3 is 2.48 bits per heavy atom. The van der Waals surface area contributed by atoms with Crippen molar-refractivity contribution >= 4 is 17.4 Å². The minimum absolute atomic E-state index is 0.279. The molecule has 1 aromatic heterocycles. The number of piperazine rings is 1. The van der Waals surface area contributed by atoms with Gasteiger partial charge in [-0.2, -0.15) is 0 Å². The second-order valence-corrected chi connectivity index (χ2v) is 6.43. The van der Waals surface area contributed by atoms with Crippen LogP contribution in [0.15, 0.2) is 0 Å². The van der Waals surface area contributed by atoms with Crippen LogP contribution in [0, 0.1) is 6.92 Å². The van der Waals surface area contributed by atoms with Crippen LogP contribution in [0.1, 0.15) is 31.2 Å². The van der Waals surface area contributed by atoms with Gasteiger partial charge in [-0.15, -0.1) is 0 Å². The van der Waals surface area contributed by atoms with Crippen molar-refractivity contribution in [2.75, 3.05) is 51.6 Å². The molecule has 1 N–H and O–H groups in total. The summed E-state index contributed by atoms with van der Waals surface area (Å²) in [6.07, 6.45) is 0. The van der Waals surface area contributed by atoms with E-state index in [9.17, 15) is 0 Å². The fraction of sp³-hybridized carbons (Fsp3) is 0.733. The van der Waals surface area contributed by atoms with E-state index in [0.29, 0.717) is 5.15 Å². The van der Waals surface area contributed by atoms with Crippen LogP contribution >= 0.6 is 11.6 Å². The number of rotatable bonds is 5. The number of likely N-dealkylation sites (N-methyl/N-ethyl adjacent to an activating group) is 1. The van der Waals surface area contributed by atoms with Crippen LogP contribution < -0.4 is 5.32 Å². The molecule has 1 aliphatic rings. The average molecular weight is 312 g/mol. The van der Waals surface area contributed by atoms with Gasteiger partial charge < -0.3 is 10.2 Å². The van der Waals surface area contributed by atoms with Crippen molar-refractivity contribution in [3.63, 3.8) is 0 Å². The summed E-state index contributed by atoms with van der Waals surface area (Å²) in [5.41, 5.74) is 0.930. The highest BCUT2D eigenvalue weighted by Crippen LogP contribution is 2.22. The van der Waals surface area contributed by atoms with E-state index in [-0.39, 0.29) is 5.92 Å². The fourth-order valence-corrected chi connectivity index (χ4v) is 2.52. The van der Waals surface area contributed by atoms with Gasteiger partial charge in [-0.3, -0.25) is 4.90 Å². The summed E-state index contributed by atoms with van der Waals surface area (Å²) in [5, 5.41) is 3.97. The summed E-state index contributed by atoms with van der Waals surface area (Å²) in [4.78, 5) is 13.8. The van der Waals surface area contributed by atoms with Gasteiger partial charge in [-0.05, 0) is 14.0 Å². The number of nitrogens with zero attached hydrogens (tertiary/aromatic N) is 4. The molecule has 0 amide bonds. The summed E-state index contributed by atoms with van der Waals surface area (Å²) in [7, 11) is 2.18. The van der Waals surface area contributed by atoms with Gasteiger partial charge in [0.2, 0.25) is 0 Å². The van der Waals surface area contributed by atoms with Gasteiger partial charge in [0.15, 0.2) is 0 Å². The van der Waals surface area contributed by atoms with Crippen LogP contribution in [0.3, 0.4) is 0 Å². The summed E-state index contributed by atoms with van der Waals surface area (Å²) < 4.78 is 0. The second-order valence-electron chi connectivity index (χ2n) is 6.07. The molecular weight excluding hydrogens is 286 g/mol. The maximum atomic E-state index is 6.20. The zero-order chi connectivity index (χ0) is 15.4. The number of hydrogen-bond donors (Lipinski definition) is 1. The molecular formula is C15H26ClN5. The lowest BCUT2D eigenvalue weighted by Crippen LogP contribution is -2.45. The minimum Gasteiger partial charge on any atom is -0.368 e. The van der Waals surface area contributed by atoms with Crippen molar-refractivity contribution in [3.05, 3.63) is 16.5 Å². The highest BCUT2D eigenvalue weighted by atomic mass is 35.5. The Morgan fingerprint density at radius 2 is 1.86 bits per heavy atom. The molecule has 1 aliphatic heterocycles. The van der Waals surface area contributed by atoms with Gasteiger partial charge in [0.05, 0.1) is 0 Å². The first-order chi connectivity index (χ1) is 9.97. The first-order valence-electron chi connectivity index (χ1n) is 7.66. The SMILES string of the molecule is Cc1c(Cl)nc(C(C)C)nc1NCCN1CCN(C)CC1. The van der Waals surface area contributed by atoms with Gasteiger partial charge >= 0.3 is 0 Å². The number of halogens is 1. The molecule has 1 saturated heterocycles.